The van der Waals surface area contributed by atoms with Gasteiger partial charge in [-0.2, -0.15) is 21.0 Å². The molecule has 2 N–H and O–H groups in total. The number of nitriles is 4. The van der Waals surface area contributed by atoms with Crippen LogP contribution in [0.15, 0.2) is 84.9 Å². The molecule has 0 aliphatic carbocycles. The first-order chi connectivity index (χ1) is 18.8. The van der Waals surface area contributed by atoms with Crippen LogP contribution in [0.4, 0.5) is 11.4 Å². The van der Waals surface area contributed by atoms with Crippen LogP contribution < -0.4 is 19.4 Å². The highest BCUT2D eigenvalue weighted by Gasteiger charge is 2.21. The van der Waals surface area contributed by atoms with Gasteiger partial charge in [-0.25, -0.2) is 0 Å². The van der Waals surface area contributed by atoms with Crippen molar-refractivity contribution in [2.75, 3.05) is 9.96 Å². The zero-order valence-electron chi connectivity index (χ0n) is 21.2. The van der Waals surface area contributed by atoms with Gasteiger partial charge >= 0.3 is 0 Å². The lowest BCUT2D eigenvalue weighted by Gasteiger charge is -2.27. The van der Waals surface area contributed by atoms with Crippen molar-refractivity contribution < 1.29 is 9.47 Å². The molecule has 0 aromatic heterocycles. The van der Waals surface area contributed by atoms with Crippen LogP contribution in [0.5, 0.6) is 23.0 Å². The third kappa shape index (κ3) is 6.73. The van der Waals surface area contributed by atoms with E-state index in [-0.39, 0.29) is 11.1 Å². The predicted octanol–water partition coefficient (Wildman–Crippen LogP) is 6.98. The molecule has 0 spiro atoms. The Hall–Kier alpha value is -5.74. The summed E-state index contributed by atoms with van der Waals surface area (Å²) in [6, 6.07) is 32.6. The molecule has 0 amide bonds. The third-order valence-corrected chi connectivity index (χ3v) is 7.38. The molecule has 0 fully saturated rings. The van der Waals surface area contributed by atoms with Crippen molar-refractivity contribution in [3.63, 3.8) is 0 Å². The van der Waals surface area contributed by atoms with Crippen molar-refractivity contribution in [3.05, 3.63) is 107 Å². The van der Waals surface area contributed by atoms with Gasteiger partial charge in [-0.15, -0.1) is 0 Å². The largest absolute Gasteiger partial charge is 0.457 e. The van der Waals surface area contributed by atoms with Crippen LogP contribution >= 0.6 is 0 Å². The molecule has 0 atom stereocenters. The first-order valence-corrected chi connectivity index (χ1v) is 14.8. The Morgan fingerprint density at radius 3 is 1.15 bits per heavy atom. The van der Waals surface area contributed by atoms with Crippen molar-refractivity contribution >= 4 is 19.8 Å². The summed E-state index contributed by atoms with van der Waals surface area (Å²) in [6.45, 7) is 4.28. The minimum atomic E-state index is -2.13. The molecule has 0 aliphatic rings. The van der Waals surface area contributed by atoms with Crippen LogP contribution in [0, 0.1) is 45.3 Å². The summed E-state index contributed by atoms with van der Waals surface area (Å²) in [5.74, 6) is 2.20. The molecule has 4 rings (SSSR count). The number of hydrogen-bond acceptors (Lipinski definition) is 8. The molecule has 188 valence electrons. The number of benzene rings is 4. The smallest absolute Gasteiger partial charge is 0.252 e. The molecule has 9 heteroatoms. The quantitative estimate of drug-likeness (QED) is 0.234. The highest BCUT2D eigenvalue weighted by atomic mass is 28.3. The predicted molar refractivity (Wildman–Crippen MR) is 150 cm³/mol. The summed E-state index contributed by atoms with van der Waals surface area (Å²) < 4.78 is 11.7. The number of hydrogen-bond donors (Lipinski definition) is 2. The summed E-state index contributed by atoms with van der Waals surface area (Å²) in [5, 5.41) is 36.6. The summed E-state index contributed by atoms with van der Waals surface area (Å²) in [4.78, 5) is 7.15. The molecule has 0 heterocycles. The van der Waals surface area contributed by atoms with Gasteiger partial charge < -0.3 is 19.4 Å². The van der Waals surface area contributed by atoms with Crippen LogP contribution in [0.25, 0.3) is 0 Å². The topological polar surface area (TPSA) is 138 Å². The average Bonchev–Trinajstić information content (AvgIpc) is 2.94. The fourth-order valence-electron chi connectivity index (χ4n) is 3.79. The maximum absolute atomic E-state index is 9.21. The SMILES string of the molecule is C[Si](C)(Nc1ccc(Oc2ccc(C#N)c(C#N)c2)cc1)Nc1ccc(Oc2ccc(C#N)c(C#N)c2)cc1. The Morgan fingerprint density at radius 2 is 0.821 bits per heavy atom. The Balaban J connectivity index is 1.36. The first kappa shape index (κ1) is 26.3. The van der Waals surface area contributed by atoms with Crippen molar-refractivity contribution in [2.45, 2.75) is 13.1 Å². The lowest BCUT2D eigenvalue weighted by atomic mass is 10.1. The minimum Gasteiger partial charge on any atom is -0.457 e. The Morgan fingerprint density at radius 1 is 0.487 bits per heavy atom. The molecule has 39 heavy (non-hydrogen) atoms. The monoisotopic (exact) mass is 526 g/mol. The van der Waals surface area contributed by atoms with Gasteiger partial charge in [-0.1, -0.05) is 0 Å². The van der Waals surface area contributed by atoms with Crippen molar-refractivity contribution in [1.82, 2.24) is 0 Å². The zero-order valence-corrected chi connectivity index (χ0v) is 22.2. The van der Waals surface area contributed by atoms with Gasteiger partial charge in [0, 0.05) is 11.4 Å². The molecular formula is C30H22N6O2Si. The average molecular weight is 527 g/mol. The lowest BCUT2D eigenvalue weighted by molar-refractivity contribution is 0.482. The molecule has 0 unspecified atom stereocenters. The fourth-order valence-corrected chi connectivity index (χ4v) is 5.63. The maximum atomic E-state index is 9.21. The molecule has 0 radical (unpaired) electrons. The summed E-state index contributed by atoms with van der Waals surface area (Å²) in [7, 11) is -2.13. The second kappa shape index (κ2) is 11.5. The first-order valence-electron chi connectivity index (χ1n) is 11.8. The number of ether oxygens (including phenoxy) is 2. The van der Waals surface area contributed by atoms with Gasteiger partial charge in [0.25, 0.3) is 8.40 Å². The van der Waals surface area contributed by atoms with E-state index in [0.717, 1.165) is 11.4 Å². The Kier molecular flexibility index (Phi) is 7.79. The number of anilines is 2. The molecule has 0 saturated heterocycles. The van der Waals surface area contributed by atoms with E-state index in [1.807, 2.05) is 72.8 Å². The molecule has 0 bridgehead atoms. The molecule has 8 nitrogen and oxygen atoms in total. The van der Waals surface area contributed by atoms with Crippen LogP contribution in [-0.4, -0.2) is 8.40 Å². The van der Waals surface area contributed by atoms with E-state index in [1.165, 1.54) is 0 Å². The van der Waals surface area contributed by atoms with Crippen molar-refractivity contribution in [3.8, 4) is 47.3 Å². The van der Waals surface area contributed by atoms with Gasteiger partial charge in [0.2, 0.25) is 0 Å². The van der Waals surface area contributed by atoms with E-state index in [2.05, 4.69) is 23.1 Å². The van der Waals surface area contributed by atoms with Crippen LogP contribution in [0.3, 0.4) is 0 Å². The molecule has 4 aromatic rings. The molecule has 0 aliphatic heterocycles. The van der Waals surface area contributed by atoms with E-state index in [4.69, 9.17) is 20.0 Å². The Labute approximate surface area is 227 Å². The van der Waals surface area contributed by atoms with Crippen molar-refractivity contribution in [2.24, 2.45) is 0 Å². The highest BCUT2D eigenvalue weighted by molar-refractivity contribution is 6.83. The van der Waals surface area contributed by atoms with Gasteiger partial charge in [0.1, 0.15) is 47.3 Å². The number of rotatable bonds is 8. The second-order valence-corrected chi connectivity index (χ2v) is 12.7. The minimum absolute atomic E-state index is 0.272. The van der Waals surface area contributed by atoms with E-state index in [0.29, 0.717) is 34.1 Å². The molecule has 4 aromatic carbocycles. The zero-order chi connectivity index (χ0) is 27.8. The fraction of sp³-hybridized carbons (Fsp3) is 0.0667. The summed E-state index contributed by atoms with van der Waals surface area (Å²) in [5.41, 5.74) is 3.03. The summed E-state index contributed by atoms with van der Waals surface area (Å²) in [6.07, 6.45) is 0. The molecule has 0 saturated carbocycles. The van der Waals surface area contributed by atoms with Crippen LogP contribution in [-0.2, 0) is 0 Å². The lowest BCUT2D eigenvalue weighted by Crippen LogP contribution is -2.45. The molecular weight excluding hydrogens is 504 g/mol. The normalized spacial score (nSPS) is 10.2. The van der Waals surface area contributed by atoms with E-state index >= 15 is 0 Å². The number of nitrogens with one attached hydrogen (secondary N) is 2. The van der Waals surface area contributed by atoms with Gasteiger partial charge in [-0.05, 0) is 98.0 Å². The summed E-state index contributed by atoms with van der Waals surface area (Å²) >= 11 is 0. The third-order valence-electron chi connectivity index (χ3n) is 5.56. The van der Waals surface area contributed by atoms with Gasteiger partial charge in [0.05, 0.1) is 22.3 Å². The van der Waals surface area contributed by atoms with Crippen LogP contribution in [0.2, 0.25) is 13.1 Å². The van der Waals surface area contributed by atoms with Gasteiger partial charge in [-0.3, -0.25) is 0 Å². The van der Waals surface area contributed by atoms with Crippen molar-refractivity contribution in [1.29, 1.82) is 21.0 Å². The van der Waals surface area contributed by atoms with E-state index < -0.39 is 8.40 Å². The van der Waals surface area contributed by atoms with Gasteiger partial charge in [0.15, 0.2) is 0 Å². The second-order valence-electron chi connectivity index (χ2n) is 8.99. The standard InChI is InChI=1S/C30H22N6O2Si/c1-39(2,35-25-5-11-27(12-6-25)37-29-9-3-21(17-31)23(15-29)19-33)36-26-7-13-28(14-8-26)38-30-10-4-22(18-32)24(16-30)20-34/h3-16,35-36H,1-2H3. The maximum Gasteiger partial charge on any atom is 0.252 e. The van der Waals surface area contributed by atoms with E-state index in [9.17, 15) is 10.5 Å². The Bertz CT molecular complexity index is 1550. The van der Waals surface area contributed by atoms with Crippen LogP contribution in [0.1, 0.15) is 22.3 Å². The van der Waals surface area contributed by atoms with E-state index in [1.54, 1.807) is 36.4 Å². The highest BCUT2D eigenvalue weighted by Crippen LogP contribution is 2.28. The number of nitrogens with zero attached hydrogens (tertiary/aromatic N) is 4.